The molecule has 2 N–H and O–H groups in total. The van der Waals surface area contributed by atoms with Crippen LogP contribution in [0.3, 0.4) is 0 Å². The average Bonchev–Trinajstić information content (AvgIpc) is 2.84. The van der Waals surface area contributed by atoms with Crippen molar-refractivity contribution >= 4 is 29.2 Å². The normalized spacial score (nSPS) is 10.2. The molecule has 2 aromatic heterocycles. The lowest BCUT2D eigenvalue weighted by Gasteiger charge is -2.05. The molecule has 114 valence electrons. The van der Waals surface area contributed by atoms with E-state index in [0.717, 1.165) is 17.6 Å². The Morgan fingerprint density at radius 1 is 1.18 bits per heavy atom. The van der Waals surface area contributed by atoms with Crippen LogP contribution in [0.4, 0.5) is 0 Å². The Morgan fingerprint density at radius 3 is 2.68 bits per heavy atom. The summed E-state index contributed by atoms with van der Waals surface area (Å²) in [5.41, 5.74) is 4.21. The van der Waals surface area contributed by atoms with Crippen LogP contribution in [0.1, 0.15) is 21.6 Å². The van der Waals surface area contributed by atoms with Crippen LogP contribution in [-0.2, 0) is 6.42 Å². The molecular weight excluding hydrogens is 298 g/mol. The van der Waals surface area contributed by atoms with Gasteiger partial charge in [-0.05, 0) is 37.1 Å². The summed E-state index contributed by atoms with van der Waals surface area (Å²) in [6.07, 6.45) is 4.06. The van der Waals surface area contributed by atoms with E-state index in [1.807, 2.05) is 12.1 Å². The standard InChI is InChI=1S/C17H17N3O.ClH/c1-12-14(15-4-2-3-5-16(15)20-12)8-11-19-17(21)13-6-9-18-10-7-13;/h2-7,9-10,20H,8,11H2,1H3,(H,19,21);1H. The Labute approximate surface area is 135 Å². The monoisotopic (exact) mass is 315 g/mol. The van der Waals surface area contributed by atoms with Crippen molar-refractivity contribution in [1.29, 1.82) is 0 Å². The third kappa shape index (κ3) is 3.28. The number of H-pyrrole nitrogens is 1. The first kappa shape index (κ1) is 16.0. The highest BCUT2D eigenvalue weighted by Crippen LogP contribution is 2.21. The van der Waals surface area contributed by atoms with Gasteiger partial charge in [-0.25, -0.2) is 0 Å². The van der Waals surface area contributed by atoms with E-state index in [-0.39, 0.29) is 18.3 Å². The van der Waals surface area contributed by atoms with Gasteiger partial charge in [-0.3, -0.25) is 9.78 Å². The van der Waals surface area contributed by atoms with Crippen molar-refractivity contribution in [2.75, 3.05) is 6.54 Å². The maximum atomic E-state index is 12.0. The number of para-hydroxylation sites is 1. The van der Waals surface area contributed by atoms with Crippen LogP contribution in [0.2, 0.25) is 0 Å². The highest BCUT2D eigenvalue weighted by atomic mass is 35.5. The van der Waals surface area contributed by atoms with E-state index in [0.29, 0.717) is 12.1 Å². The maximum Gasteiger partial charge on any atom is 0.251 e. The van der Waals surface area contributed by atoms with E-state index in [4.69, 9.17) is 0 Å². The first-order chi connectivity index (χ1) is 10.3. The molecule has 2 heterocycles. The van der Waals surface area contributed by atoms with Crippen molar-refractivity contribution in [2.24, 2.45) is 0 Å². The number of aromatic amines is 1. The fourth-order valence-electron chi connectivity index (χ4n) is 2.56. The van der Waals surface area contributed by atoms with E-state index in [2.05, 4.69) is 34.3 Å². The molecule has 0 saturated heterocycles. The Bertz CT molecular complexity index is 768. The van der Waals surface area contributed by atoms with Crippen LogP contribution < -0.4 is 5.32 Å². The molecule has 0 aliphatic rings. The zero-order valence-electron chi connectivity index (χ0n) is 12.3. The third-order valence-electron chi connectivity index (χ3n) is 3.63. The number of nitrogens with one attached hydrogen (secondary N) is 2. The number of carbonyl (C=O) groups excluding carboxylic acids is 1. The average molecular weight is 316 g/mol. The molecule has 22 heavy (non-hydrogen) atoms. The molecule has 3 aromatic rings. The Hall–Kier alpha value is -2.33. The van der Waals surface area contributed by atoms with Gasteiger partial charge in [0.15, 0.2) is 0 Å². The highest BCUT2D eigenvalue weighted by Gasteiger charge is 2.09. The molecule has 4 nitrogen and oxygen atoms in total. The number of nitrogens with zero attached hydrogens (tertiary/aromatic N) is 1. The highest BCUT2D eigenvalue weighted by molar-refractivity contribution is 5.94. The van der Waals surface area contributed by atoms with E-state index < -0.39 is 0 Å². The quantitative estimate of drug-likeness (QED) is 0.776. The molecule has 0 aliphatic heterocycles. The largest absolute Gasteiger partial charge is 0.358 e. The molecule has 0 spiro atoms. The summed E-state index contributed by atoms with van der Waals surface area (Å²) in [5, 5.41) is 4.18. The first-order valence-corrected chi connectivity index (χ1v) is 7.00. The number of rotatable bonds is 4. The number of benzene rings is 1. The van der Waals surface area contributed by atoms with Gasteiger partial charge in [-0.2, -0.15) is 0 Å². The van der Waals surface area contributed by atoms with Crippen LogP contribution in [-0.4, -0.2) is 22.4 Å². The third-order valence-corrected chi connectivity index (χ3v) is 3.63. The number of halogens is 1. The van der Waals surface area contributed by atoms with Crippen LogP contribution in [0.25, 0.3) is 10.9 Å². The summed E-state index contributed by atoms with van der Waals surface area (Å²) in [4.78, 5) is 19.3. The summed E-state index contributed by atoms with van der Waals surface area (Å²) in [7, 11) is 0. The number of hydrogen-bond donors (Lipinski definition) is 2. The fourth-order valence-corrected chi connectivity index (χ4v) is 2.56. The second-order valence-corrected chi connectivity index (χ2v) is 5.02. The zero-order valence-corrected chi connectivity index (χ0v) is 13.1. The second kappa shape index (κ2) is 7.09. The van der Waals surface area contributed by atoms with Crippen LogP contribution in [0, 0.1) is 6.92 Å². The molecule has 0 unspecified atom stereocenters. The van der Waals surface area contributed by atoms with E-state index >= 15 is 0 Å². The van der Waals surface area contributed by atoms with Crippen LogP contribution in [0.5, 0.6) is 0 Å². The predicted octanol–water partition coefficient (Wildman–Crippen LogP) is 3.27. The Balaban J connectivity index is 0.00000176. The fraction of sp³-hybridized carbons (Fsp3) is 0.176. The minimum Gasteiger partial charge on any atom is -0.358 e. The van der Waals surface area contributed by atoms with Gasteiger partial charge in [-0.1, -0.05) is 18.2 Å². The smallest absolute Gasteiger partial charge is 0.251 e. The SMILES string of the molecule is Cc1[nH]c2ccccc2c1CCNC(=O)c1ccncc1.Cl. The first-order valence-electron chi connectivity index (χ1n) is 7.00. The lowest BCUT2D eigenvalue weighted by atomic mass is 10.1. The minimum atomic E-state index is -0.0603. The topological polar surface area (TPSA) is 57.8 Å². The Morgan fingerprint density at radius 2 is 1.91 bits per heavy atom. The maximum absolute atomic E-state index is 12.0. The van der Waals surface area contributed by atoms with Gasteiger partial charge in [0.05, 0.1) is 0 Å². The molecule has 0 atom stereocenters. The second-order valence-electron chi connectivity index (χ2n) is 5.02. The zero-order chi connectivity index (χ0) is 14.7. The van der Waals surface area contributed by atoms with Gasteiger partial charge in [-0.15, -0.1) is 12.4 Å². The molecule has 5 heteroatoms. The van der Waals surface area contributed by atoms with Gasteiger partial charge >= 0.3 is 0 Å². The molecule has 0 radical (unpaired) electrons. The number of fused-ring (bicyclic) bond motifs is 1. The number of carbonyl (C=O) groups is 1. The van der Waals surface area contributed by atoms with E-state index in [9.17, 15) is 4.79 Å². The molecule has 0 bridgehead atoms. The number of aryl methyl sites for hydroxylation is 1. The van der Waals surface area contributed by atoms with Crippen LogP contribution >= 0.6 is 12.4 Å². The van der Waals surface area contributed by atoms with Gasteiger partial charge in [0.25, 0.3) is 5.91 Å². The lowest BCUT2D eigenvalue weighted by molar-refractivity contribution is 0.0954. The van der Waals surface area contributed by atoms with Gasteiger partial charge in [0.1, 0.15) is 0 Å². The summed E-state index contributed by atoms with van der Waals surface area (Å²) in [6, 6.07) is 11.7. The number of aromatic nitrogens is 2. The van der Waals surface area contributed by atoms with Gasteiger partial charge in [0, 0.05) is 41.1 Å². The van der Waals surface area contributed by atoms with E-state index in [1.165, 1.54) is 10.9 Å². The molecule has 0 fully saturated rings. The van der Waals surface area contributed by atoms with Crippen molar-refractivity contribution in [2.45, 2.75) is 13.3 Å². The number of hydrogen-bond acceptors (Lipinski definition) is 2. The molecule has 3 rings (SSSR count). The summed E-state index contributed by atoms with van der Waals surface area (Å²) in [6.45, 7) is 2.68. The van der Waals surface area contributed by atoms with Crippen LogP contribution in [0.15, 0.2) is 48.8 Å². The summed E-state index contributed by atoms with van der Waals surface area (Å²) in [5.74, 6) is -0.0603. The minimum absolute atomic E-state index is 0. The molecule has 1 amide bonds. The van der Waals surface area contributed by atoms with Crippen molar-refractivity contribution in [1.82, 2.24) is 15.3 Å². The van der Waals surface area contributed by atoms with Gasteiger partial charge < -0.3 is 10.3 Å². The Kier molecular flexibility index (Phi) is 5.17. The molecule has 0 saturated carbocycles. The molecule has 0 aliphatic carbocycles. The van der Waals surface area contributed by atoms with Crippen molar-refractivity contribution in [3.63, 3.8) is 0 Å². The van der Waals surface area contributed by atoms with Gasteiger partial charge in [0.2, 0.25) is 0 Å². The summed E-state index contributed by atoms with van der Waals surface area (Å²) >= 11 is 0. The molecular formula is C17H18ClN3O. The molecule has 1 aromatic carbocycles. The number of amides is 1. The number of pyridine rings is 1. The predicted molar refractivity (Wildman–Crippen MR) is 90.6 cm³/mol. The van der Waals surface area contributed by atoms with E-state index in [1.54, 1.807) is 24.5 Å². The van der Waals surface area contributed by atoms with Crippen molar-refractivity contribution in [3.05, 3.63) is 65.6 Å². The van der Waals surface area contributed by atoms with Crippen molar-refractivity contribution < 1.29 is 4.79 Å². The summed E-state index contributed by atoms with van der Waals surface area (Å²) < 4.78 is 0. The van der Waals surface area contributed by atoms with Crippen molar-refractivity contribution in [3.8, 4) is 0 Å². The lowest BCUT2D eigenvalue weighted by Crippen LogP contribution is -2.25.